The van der Waals surface area contributed by atoms with E-state index in [4.69, 9.17) is 10.5 Å². The van der Waals surface area contributed by atoms with Crippen molar-refractivity contribution in [3.8, 4) is 11.8 Å². The molecule has 3 heterocycles. The Bertz CT molecular complexity index is 1130. The van der Waals surface area contributed by atoms with Gasteiger partial charge in [0.1, 0.15) is 23.3 Å². The summed E-state index contributed by atoms with van der Waals surface area (Å²) >= 11 is 0. The Morgan fingerprint density at radius 1 is 1.38 bits per heavy atom. The van der Waals surface area contributed by atoms with Gasteiger partial charge >= 0.3 is 0 Å². The molecule has 170 valence electrons. The van der Waals surface area contributed by atoms with Crippen LogP contribution >= 0.6 is 0 Å². The Hall–Kier alpha value is -2.78. The average Bonchev–Trinajstić information content (AvgIpc) is 3.51. The van der Waals surface area contributed by atoms with Gasteiger partial charge in [0, 0.05) is 6.54 Å². The summed E-state index contributed by atoms with van der Waals surface area (Å²) in [5.74, 6) is 6.17. The molecule has 0 radical (unpaired) electrons. The number of amides is 1. The van der Waals surface area contributed by atoms with Crippen LogP contribution in [0.25, 0.3) is 11.2 Å². The number of anilines is 1. The minimum atomic E-state index is -1.42. The molecule has 2 saturated carbocycles. The van der Waals surface area contributed by atoms with Crippen LogP contribution in [0.5, 0.6) is 0 Å². The molecule has 2 aromatic rings. The van der Waals surface area contributed by atoms with Gasteiger partial charge in [-0.2, -0.15) is 0 Å². The second kappa shape index (κ2) is 7.67. The number of imidazole rings is 1. The summed E-state index contributed by atoms with van der Waals surface area (Å²) in [5.41, 5.74) is 5.54. The Morgan fingerprint density at radius 2 is 2.19 bits per heavy atom. The molecule has 11 heteroatoms. The minimum Gasteiger partial charge on any atom is -0.387 e. The van der Waals surface area contributed by atoms with E-state index in [-0.39, 0.29) is 28.7 Å². The van der Waals surface area contributed by atoms with Gasteiger partial charge in [-0.1, -0.05) is 5.92 Å². The van der Waals surface area contributed by atoms with Gasteiger partial charge < -0.3 is 31.1 Å². The van der Waals surface area contributed by atoms with Crippen LogP contribution in [-0.4, -0.2) is 71.2 Å². The van der Waals surface area contributed by atoms with Gasteiger partial charge in [-0.15, -0.1) is 0 Å². The lowest BCUT2D eigenvalue weighted by atomic mass is 9.85. The van der Waals surface area contributed by atoms with E-state index in [0.717, 1.165) is 19.3 Å². The first-order valence-electron chi connectivity index (χ1n) is 10.9. The molecule has 0 aromatic carbocycles. The molecule has 2 unspecified atom stereocenters. The van der Waals surface area contributed by atoms with Crippen molar-refractivity contribution < 1.29 is 24.9 Å². The molecule has 3 aliphatic rings. The lowest BCUT2D eigenvalue weighted by Gasteiger charge is -2.26. The van der Waals surface area contributed by atoms with Crippen molar-refractivity contribution in [3.05, 3.63) is 12.2 Å². The minimum absolute atomic E-state index is 0.0892. The number of nitrogens with one attached hydrogen (secondary N) is 1. The second-order valence-electron chi connectivity index (χ2n) is 8.83. The van der Waals surface area contributed by atoms with Crippen LogP contribution in [0.3, 0.4) is 0 Å². The van der Waals surface area contributed by atoms with Crippen molar-refractivity contribution in [3.63, 3.8) is 0 Å². The number of aromatic nitrogens is 4. The van der Waals surface area contributed by atoms with Crippen molar-refractivity contribution in [1.82, 2.24) is 24.8 Å². The Balaban J connectivity index is 1.47. The third-order valence-electron chi connectivity index (χ3n) is 6.78. The monoisotopic (exact) mass is 442 g/mol. The molecule has 1 saturated heterocycles. The van der Waals surface area contributed by atoms with Crippen molar-refractivity contribution in [2.75, 3.05) is 12.3 Å². The third-order valence-corrected chi connectivity index (χ3v) is 6.78. The molecule has 5 rings (SSSR count). The largest absolute Gasteiger partial charge is 0.387 e. The van der Waals surface area contributed by atoms with Crippen LogP contribution in [0.2, 0.25) is 0 Å². The molecule has 0 spiro atoms. The van der Waals surface area contributed by atoms with E-state index in [1.54, 1.807) is 6.92 Å². The summed E-state index contributed by atoms with van der Waals surface area (Å²) in [7, 11) is 0. The summed E-state index contributed by atoms with van der Waals surface area (Å²) in [4.78, 5) is 25.0. The summed E-state index contributed by atoms with van der Waals surface area (Å²) in [6, 6.07) is 0. The number of nitrogens with two attached hydrogens (primary N) is 1. The summed E-state index contributed by atoms with van der Waals surface area (Å²) < 4.78 is 7.06. The van der Waals surface area contributed by atoms with Gasteiger partial charge in [0.25, 0.3) is 5.91 Å². The maximum absolute atomic E-state index is 12.2. The molecule has 2 bridgehead atoms. The normalized spacial score (nSPS) is 35.8. The van der Waals surface area contributed by atoms with Gasteiger partial charge in [-0.25, -0.2) is 15.0 Å². The number of fused-ring (bicyclic) bond motifs is 3. The number of likely N-dealkylation sites (N-methyl/N-ethyl adjacent to an activating group) is 1. The molecular formula is C21H26N6O5. The van der Waals surface area contributed by atoms with Crippen molar-refractivity contribution in [1.29, 1.82) is 0 Å². The standard InChI is InChI=1S/C21H26N6O5/c1-2-23-19(30)16-14(28)15(29)20(32-16)27-9-24-13-17(22)25-12(26-18(13)27)5-6-21(31)8-10-3-4-11(21)7-10/h9-11,14-16,20,28-29,31H,2-4,7-8H2,1H3,(H,23,30)(H2,22,25,26)/t10?,11?,14-,15+,16-,20+,21+/m0/s1. The highest BCUT2D eigenvalue weighted by molar-refractivity contribution is 5.83. The quantitative estimate of drug-likeness (QED) is 0.377. The molecule has 32 heavy (non-hydrogen) atoms. The van der Waals surface area contributed by atoms with Crippen LogP contribution in [-0.2, 0) is 9.53 Å². The van der Waals surface area contributed by atoms with E-state index in [1.165, 1.54) is 10.9 Å². The number of nitrogen functional groups attached to an aromatic ring is 1. The Kier molecular flexibility index (Phi) is 5.05. The zero-order valence-corrected chi connectivity index (χ0v) is 17.6. The van der Waals surface area contributed by atoms with Crippen LogP contribution in [0, 0.1) is 23.7 Å². The number of carbonyl (C=O) groups excluding carboxylic acids is 1. The summed E-state index contributed by atoms with van der Waals surface area (Å²) in [6.07, 6.45) is -0.0440. The van der Waals surface area contributed by atoms with Crippen LogP contribution in [0.15, 0.2) is 6.33 Å². The molecular weight excluding hydrogens is 416 g/mol. The maximum Gasteiger partial charge on any atom is 0.252 e. The number of rotatable bonds is 3. The van der Waals surface area contributed by atoms with Crippen LogP contribution < -0.4 is 11.1 Å². The lowest BCUT2D eigenvalue weighted by molar-refractivity contribution is -0.137. The highest BCUT2D eigenvalue weighted by Gasteiger charge is 2.49. The molecule has 1 amide bonds. The van der Waals surface area contributed by atoms with E-state index in [9.17, 15) is 20.1 Å². The predicted molar refractivity (Wildman–Crippen MR) is 112 cm³/mol. The maximum atomic E-state index is 12.2. The SMILES string of the molecule is CCNC(=O)[C@H]1O[C@@H](n2cnc3c(N)nc(C#C[C@@]4(O)CC5CCC4C5)nc32)[C@H](O)[C@@H]1O. The number of carbonyl (C=O) groups is 1. The first-order chi connectivity index (χ1) is 15.3. The van der Waals surface area contributed by atoms with E-state index < -0.39 is 36.0 Å². The van der Waals surface area contributed by atoms with Crippen LogP contribution in [0.4, 0.5) is 5.82 Å². The Labute approximate surface area is 184 Å². The number of hydrogen-bond acceptors (Lipinski definition) is 9. The van der Waals surface area contributed by atoms with Gasteiger partial charge in [-0.05, 0) is 50.4 Å². The highest BCUT2D eigenvalue weighted by atomic mass is 16.6. The fourth-order valence-corrected chi connectivity index (χ4v) is 5.18. The summed E-state index contributed by atoms with van der Waals surface area (Å²) in [6.45, 7) is 2.10. The fraction of sp³-hybridized carbons (Fsp3) is 0.619. The van der Waals surface area contributed by atoms with E-state index in [1.807, 2.05) is 0 Å². The highest BCUT2D eigenvalue weighted by Crippen LogP contribution is 2.50. The smallest absolute Gasteiger partial charge is 0.252 e. The molecule has 2 aliphatic carbocycles. The number of hydrogen-bond donors (Lipinski definition) is 5. The molecule has 6 N–H and O–H groups in total. The fourth-order valence-electron chi connectivity index (χ4n) is 5.18. The predicted octanol–water partition coefficient (Wildman–Crippen LogP) is -0.934. The van der Waals surface area contributed by atoms with E-state index in [0.29, 0.717) is 18.9 Å². The van der Waals surface area contributed by atoms with Gasteiger partial charge in [0.2, 0.25) is 5.82 Å². The first kappa shape index (κ1) is 21.1. The van der Waals surface area contributed by atoms with Gasteiger partial charge in [-0.3, -0.25) is 9.36 Å². The third kappa shape index (κ3) is 3.31. The summed E-state index contributed by atoms with van der Waals surface area (Å²) in [5, 5.41) is 34.3. The molecule has 3 fully saturated rings. The average molecular weight is 442 g/mol. The van der Waals surface area contributed by atoms with Crippen LogP contribution in [0.1, 0.15) is 44.7 Å². The number of aliphatic hydroxyl groups is 3. The van der Waals surface area contributed by atoms with Gasteiger partial charge in [0.05, 0.1) is 6.33 Å². The number of ether oxygens (including phenoxy) is 1. The zero-order valence-electron chi connectivity index (χ0n) is 17.6. The molecule has 1 aliphatic heterocycles. The van der Waals surface area contributed by atoms with E-state index >= 15 is 0 Å². The Morgan fingerprint density at radius 3 is 2.88 bits per heavy atom. The lowest BCUT2D eigenvalue weighted by Crippen LogP contribution is -2.42. The van der Waals surface area contributed by atoms with Crippen molar-refractivity contribution >= 4 is 22.9 Å². The topological polar surface area (TPSA) is 169 Å². The van der Waals surface area contributed by atoms with E-state index in [2.05, 4.69) is 32.1 Å². The van der Waals surface area contributed by atoms with Gasteiger partial charge in [0.15, 0.2) is 23.8 Å². The number of aliphatic hydroxyl groups excluding tert-OH is 2. The number of nitrogens with zero attached hydrogens (tertiary/aromatic N) is 4. The molecule has 11 nitrogen and oxygen atoms in total. The second-order valence-corrected chi connectivity index (χ2v) is 8.83. The van der Waals surface area contributed by atoms with Crippen molar-refractivity contribution in [2.45, 2.75) is 62.7 Å². The zero-order chi connectivity index (χ0) is 22.6. The first-order valence-corrected chi connectivity index (χ1v) is 10.9. The van der Waals surface area contributed by atoms with Crippen molar-refractivity contribution in [2.24, 2.45) is 11.8 Å². The molecule has 7 atom stereocenters. The molecule has 2 aromatic heterocycles.